The van der Waals surface area contributed by atoms with E-state index in [1.807, 2.05) is 6.07 Å². The van der Waals surface area contributed by atoms with E-state index in [1.165, 1.54) is 21.3 Å². The molecule has 0 aromatic heterocycles. The molecule has 0 radical (unpaired) electrons. The molecule has 0 atom stereocenters. The Bertz CT molecular complexity index is 480. The molecule has 8 heteroatoms. The van der Waals surface area contributed by atoms with Gasteiger partial charge in [-0.2, -0.15) is 0 Å². The lowest BCUT2D eigenvalue weighted by molar-refractivity contribution is 0.248. The van der Waals surface area contributed by atoms with E-state index < -0.39 is 20.9 Å². The number of para-hydroxylation sites is 1. The van der Waals surface area contributed by atoms with Crippen molar-refractivity contribution in [2.75, 3.05) is 37.6 Å². The minimum Gasteiger partial charge on any atom is -0.296 e. The lowest BCUT2D eigenvalue weighted by atomic mass is 10.3. The Hall–Kier alpha value is -0.800. The number of rotatable bonds is 9. The molecule has 0 aliphatic heterocycles. The maximum Gasteiger partial charge on any atom is 0.232 e. The van der Waals surface area contributed by atoms with Gasteiger partial charge in [-0.15, -0.1) is 0 Å². The Morgan fingerprint density at radius 1 is 0.950 bits per heavy atom. The van der Waals surface area contributed by atoms with Gasteiger partial charge in [-0.05, 0) is 18.6 Å². The van der Waals surface area contributed by atoms with Crippen molar-refractivity contribution in [2.45, 2.75) is 6.42 Å². The molecule has 0 unspecified atom stereocenters. The third-order valence-electron chi connectivity index (χ3n) is 2.62. The molecule has 0 heterocycles. The summed E-state index contributed by atoms with van der Waals surface area (Å²) in [5.41, 5.74) is 0.552. The van der Waals surface area contributed by atoms with Crippen LogP contribution in [-0.4, -0.2) is 41.3 Å². The van der Waals surface area contributed by atoms with Crippen molar-refractivity contribution in [1.29, 1.82) is 0 Å². The van der Waals surface area contributed by atoms with Gasteiger partial charge in [0.15, 0.2) is 0 Å². The molecule has 0 spiro atoms. The summed E-state index contributed by atoms with van der Waals surface area (Å²) >= 11 is 0. The number of nitrogens with one attached hydrogen (secondary N) is 1. The Balaban J connectivity index is 2.52. The van der Waals surface area contributed by atoms with Gasteiger partial charge in [0.1, 0.15) is 0 Å². The third-order valence-corrected chi connectivity index (χ3v) is 6.30. The molecule has 116 valence electrons. The molecule has 0 bridgehead atoms. The molecule has 1 rings (SSSR count). The normalized spacial score (nSPS) is 13.2. The van der Waals surface area contributed by atoms with Gasteiger partial charge >= 0.3 is 0 Å². The van der Waals surface area contributed by atoms with Gasteiger partial charge in [-0.25, -0.2) is 8.42 Å². The second-order valence-electron chi connectivity index (χ2n) is 3.90. The number of hydrogen-bond acceptors (Lipinski definition) is 5. The van der Waals surface area contributed by atoms with Crippen LogP contribution in [0.25, 0.3) is 0 Å². The van der Waals surface area contributed by atoms with E-state index in [4.69, 9.17) is 12.5 Å². The number of sulfonamides is 1. The van der Waals surface area contributed by atoms with Crippen LogP contribution in [0, 0.1) is 0 Å². The maximum atomic E-state index is 11.9. The number of hydrogen-bond donors (Lipinski definition) is 1. The fourth-order valence-electron chi connectivity index (χ4n) is 1.62. The van der Waals surface area contributed by atoms with Crippen molar-refractivity contribution in [3.8, 4) is 0 Å². The summed E-state index contributed by atoms with van der Waals surface area (Å²) in [5, 5.41) is 0. The fraction of sp³-hybridized carbons (Fsp3) is 0.500. The highest BCUT2D eigenvalue weighted by Gasteiger charge is 2.23. The van der Waals surface area contributed by atoms with Gasteiger partial charge in [-0.3, -0.25) is 17.3 Å². The highest BCUT2D eigenvalue weighted by atomic mass is 32.3. The topological polar surface area (TPSA) is 73.9 Å². The Morgan fingerprint density at radius 3 is 2.00 bits per heavy atom. The van der Waals surface area contributed by atoms with Gasteiger partial charge in [0.2, 0.25) is 10.0 Å². The summed E-state index contributed by atoms with van der Waals surface area (Å²) in [6, 6.07) is 8.77. The van der Waals surface area contributed by atoms with E-state index in [1.54, 1.807) is 24.3 Å². The van der Waals surface area contributed by atoms with Crippen molar-refractivity contribution in [2.24, 2.45) is 0 Å². The summed E-state index contributed by atoms with van der Waals surface area (Å²) in [6.45, 7) is 0. The van der Waals surface area contributed by atoms with Crippen LogP contribution in [0.5, 0.6) is 0 Å². The summed E-state index contributed by atoms with van der Waals surface area (Å²) in [4.78, 5) is 0. The second kappa shape index (κ2) is 7.84. The summed E-state index contributed by atoms with van der Waals surface area (Å²) in [5.74, 6) is 0.374. The Labute approximate surface area is 122 Å². The minimum absolute atomic E-state index is 0.0211. The van der Waals surface area contributed by atoms with E-state index in [-0.39, 0.29) is 5.75 Å². The minimum atomic E-state index is -3.39. The highest BCUT2D eigenvalue weighted by molar-refractivity contribution is 8.21. The first kappa shape index (κ1) is 17.3. The zero-order valence-electron chi connectivity index (χ0n) is 11.9. The van der Waals surface area contributed by atoms with Crippen LogP contribution in [0.1, 0.15) is 6.42 Å². The molecule has 1 aromatic carbocycles. The standard InChI is InChI=1S/C12H21NO5S2/c1-16-20(17-2,18-3)11-7-10-19(14,15)13-12-8-5-4-6-9-12/h4-6,8-9,13H,7,10-11H2,1-3H3. The van der Waals surface area contributed by atoms with Crippen LogP contribution in [-0.2, 0) is 22.6 Å². The molecule has 1 N–H and O–H groups in total. The second-order valence-corrected chi connectivity index (χ2v) is 8.27. The molecule has 0 saturated carbocycles. The molecular weight excluding hydrogens is 302 g/mol. The predicted octanol–water partition coefficient (Wildman–Crippen LogP) is 2.31. The average Bonchev–Trinajstić information content (AvgIpc) is 2.45. The van der Waals surface area contributed by atoms with Gasteiger partial charge in [0, 0.05) is 11.4 Å². The predicted molar refractivity (Wildman–Crippen MR) is 82.0 cm³/mol. The lowest BCUT2D eigenvalue weighted by Gasteiger charge is -2.33. The quantitative estimate of drug-likeness (QED) is 0.755. The van der Waals surface area contributed by atoms with Gasteiger partial charge in [-0.1, -0.05) is 18.2 Å². The molecule has 0 aliphatic rings. The van der Waals surface area contributed by atoms with Crippen LogP contribution in [0.3, 0.4) is 0 Å². The first-order valence-corrected chi connectivity index (χ1v) is 9.23. The first-order chi connectivity index (χ1) is 9.47. The maximum absolute atomic E-state index is 11.9. The largest absolute Gasteiger partial charge is 0.296 e. The molecule has 0 fully saturated rings. The first-order valence-electron chi connectivity index (χ1n) is 6.00. The van der Waals surface area contributed by atoms with Crippen molar-refractivity contribution >= 4 is 26.6 Å². The summed E-state index contributed by atoms with van der Waals surface area (Å²) < 4.78 is 41.9. The highest BCUT2D eigenvalue weighted by Crippen LogP contribution is 2.49. The Morgan fingerprint density at radius 2 is 1.50 bits per heavy atom. The van der Waals surface area contributed by atoms with Crippen molar-refractivity contribution < 1.29 is 21.0 Å². The van der Waals surface area contributed by atoms with Gasteiger partial charge < -0.3 is 0 Å². The molecule has 0 aliphatic carbocycles. The summed E-state index contributed by atoms with van der Waals surface area (Å²) in [7, 11) is -1.03. The molecule has 1 aromatic rings. The van der Waals surface area contributed by atoms with Crippen LogP contribution in [0.4, 0.5) is 5.69 Å². The molecule has 0 saturated heterocycles. The number of benzene rings is 1. The fourth-order valence-corrected chi connectivity index (χ4v) is 4.33. The van der Waals surface area contributed by atoms with E-state index in [0.717, 1.165) is 0 Å². The zero-order valence-corrected chi connectivity index (χ0v) is 13.5. The monoisotopic (exact) mass is 323 g/mol. The average molecular weight is 323 g/mol. The van der Waals surface area contributed by atoms with Gasteiger partial charge in [0.25, 0.3) is 0 Å². The smallest absolute Gasteiger partial charge is 0.232 e. The SMILES string of the molecule is COS(CCCS(=O)(=O)Nc1ccccc1)(OC)OC. The molecule has 20 heavy (non-hydrogen) atoms. The molecule has 6 nitrogen and oxygen atoms in total. The lowest BCUT2D eigenvalue weighted by Crippen LogP contribution is -2.19. The zero-order chi connectivity index (χ0) is 15.1. The molecule has 0 amide bonds. The van der Waals surface area contributed by atoms with Crippen molar-refractivity contribution in [3.63, 3.8) is 0 Å². The Kier molecular flexibility index (Phi) is 6.77. The van der Waals surface area contributed by atoms with E-state index >= 15 is 0 Å². The van der Waals surface area contributed by atoms with Crippen molar-refractivity contribution in [1.82, 2.24) is 0 Å². The van der Waals surface area contributed by atoms with E-state index in [9.17, 15) is 8.42 Å². The molecular formula is C12H21NO5S2. The summed E-state index contributed by atoms with van der Waals surface area (Å²) in [6.07, 6.45) is 0.382. The number of anilines is 1. The van der Waals surface area contributed by atoms with E-state index in [0.29, 0.717) is 17.9 Å². The van der Waals surface area contributed by atoms with Gasteiger partial charge in [0.05, 0.1) is 38.0 Å². The van der Waals surface area contributed by atoms with Crippen LogP contribution < -0.4 is 4.72 Å². The van der Waals surface area contributed by atoms with Crippen molar-refractivity contribution in [3.05, 3.63) is 30.3 Å². The van der Waals surface area contributed by atoms with Crippen LogP contribution >= 0.6 is 10.9 Å². The third kappa shape index (κ3) is 5.29. The van der Waals surface area contributed by atoms with E-state index in [2.05, 4.69) is 4.72 Å². The van der Waals surface area contributed by atoms with Crippen LogP contribution in [0.2, 0.25) is 0 Å². The van der Waals surface area contributed by atoms with Crippen LogP contribution in [0.15, 0.2) is 30.3 Å².